The van der Waals surface area contributed by atoms with E-state index in [-0.39, 0.29) is 17.9 Å². The van der Waals surface area contributed by atoms with Crippen molar-refractivity contribution in [1.29, 1.82) is 0 Å². The third-order valence-corrected chi connectivity index (χ3v) is 5.35. The van der Waals surface area contributed by atoms with Crippen molar-refractivity contribution >= 4 is 22.6 Å². The van der Waals surface area contributed by atoms with Crippen LogP contribution in [0.1, 0.15) is 13.3 Å². The van der Waals surface area contributed by atoms with Crippen molar-refractivity contribution in [2.24, 2.45) is 5.92 Å². The molecule has 0 saturated carbocycles. The Morgan fingerprint density at radius 1 is 1.17 bits per heavy atom. The maximum absolute atomic E-state index is 11.7. The number of anilines is 1. The molecule has 7 nitrogen and oxygen atoms in total. The molecule has 3 aromatic rings. The van der Waals surface area contributed by atoms with Gasteiger partial charge in [0.15, 0.2) is 11.5 Å². The second-order valence-corrected chi connectivity index (χ2v) is 7.20. The quantitative estimate of drug-likeness (QED) is 0.670. The van der Waals surface area contributed by atoms with Crippen LogP contribution in [0.15, 0.2) is 42.6 Å². The standard InChI is InChI=1S/C22H24N4O3/c1-13-15(10-21(27)25-13)12-24-22-16-5-4-8-23-18(16)11-17(26-22)14-6-7-19(28-2)20(9-14)29-3/h4-9,11,13,15H,10,12H2,1-3H3,(H,24,26)(H,25,27)/t13-,15-/m1/s1. The third-order valence-electron chi connectivity index (χ3n) is 5.35. The van der Waals surface area contributed by atoms with Crippen molar-refractivity contribution in [3.05, 3.63) is 42.6 Å². The van der Waals surface area contributed by atoms with Gasteiger partial charge in [-0.3, -0.25) is 9.78 Å². The Morgan fingerprint density at radius 3 is 2.72 bits per heavy atom. The second-order valence-electron chi connectivity index (χ2n) is 7.20. The highest BCUT2D eigenvalue weighted by Gasteiger charge is 2.28. The van der Waals surface area contributed by atoms with Crippen molar-refractivity contribution in [1.82, 2.24) is 15.3 Å². The van der Waals surface area contributed by atoms with Gasteiger partial charge in [0, 0.05) is 42.1 Å². The first-order valence-electron chi connectivity index (χ1n) is 9.60. The van der Waals surface area contributed by atoms with E-state index in [0.29, 0.717) is 24.5 Å². The van der Waals surface area contributed by atoms with Gasteiger partial charge in [0.1, 0.15) is 5.82 Å². The molecule has 1 fully saturated rings. The van der Waals surface area contributed by atoms with E-state index >= 15 is 0 Å². The van der Waals surface area contributed by atoms with Gasteiger partial charge in [0.25, 0.3) is 0 Å². The van der Waals surface area contributed by atoms with Gasteiger partial charge in [-0.2, -0.15) is 0 Å². The molecule has 1 aliphatic heterocycles. The Balaban J connectivity index is 1.70. The van der Waals surface area contributed by atoms with Gasteiger partial charge in [-0.05, 0) is 43.3 Å². The zero-order chi connectivity index (χ0) is 20.4. The van der Waals surface area contributed by atoms with Gasteiger partial charge in [-0.1, -0.05) is 0 Å². The van der Waals surface area contributed by atoms with Crippen LogP contribution >= 0.6 is 0 Å². The van der Waals surface area contributed by atoms with Crippen LogP contribution in [0.3, 0.4) is 0 Å². The summed E-state index contributed by atoms with van der Waals surface area (Å²) < 4.78 is 10.8. The first-order chi connectivity index (χ1) is 14.1. The molecule has 2 aromatic heterocycles. The first-order valence-corrected chi connectivity index (χ1v) is 9.60. The number of aromatic nitrogens is 2. The van der Waals surface area contributed by atoms with E-state index in [1.165, 1.54) is 0 Å². The van der Waals surface area contributed by atoms with E-state index in [0.717, 1.165) is 28.0 Å². The van der Waals surface area contributed by atoms with E-state index in [4.69, 9.17) is 14.5 Å². The van der Waals surface area contributed by atoms with Gasteiger partial charge >= 0.3 is 0 Å². The Morgan fingerprint density at radius 2 is 2.00 bits per heavy atom. The van der Waals surface area contributed by atoms with Crippen LogP contribution in [0.5, 0.6) is 11.5 Å². The van der Waals surface area contributed by atoms with Crippen molar-refractivity contribution < 1.29 is 14.3 Å². The smallest absolute Gasteiger partial charge is 0.220 e. The molecule has 4 rings (SSSR count). The molecule has 2 N–H and O–H groups in total. The fraction of sp³-hybridized carbons (Fsp3) is 0.318. The SMILES string of the molecule is COc1ccc(-c2cc3ncccc3c(NC[C@H]3CC(=O)N[C@@H]3C)n2)cc1OC. The molecule has 1 aromatic carbocycles. The number of nitrogens with zero attached hydrogens (tertiary/aromatic N) is 2. The summed E-state index contributed by atoms with van der Waals surface area (Å²) in [6.07, 6.45) is 2.30. The number of rotatable bonds is 6. The number of benzene rings is 1. The molecule has 1 amide bonds. The van der Waals surface area contributed by atoms with Crippen LogP contribution in [-0.4, -0.2) is 42.7 Å². The molecule has 1 saturated heterocycles. The Labute approximate surface area is 169 Å². The summed E-state index contributed by atoms with van der Waals surface area (Å²) in [5, 5.41) is 7.35. The maximum atomic E-state index is 11.7. The van der Waals surface area contributed by atoms with E-state index in [2.05, 4.69) is 15.6 Å². The van der Waals surface area contributed by atoms with Crippen LogP contribution in [-0.2, 0) is 4.79 Å². The van der Waals surface area contributed by atoms with Crippen LogP contribution in [0.2, 0.25) is 0 Å². The van der Waals surface area contributed by atoms with Crippen LogP contribution in [0, 0.1) is 5.92 Å². The largest absolute Gasteiger partial charge is 0.493 e. The predicted octanol–water partition coefficient (Wildman–Crippen LogP) is 3.25. The van der Waals surface area contributed by atoms with E-state index < -0.39 is 0 Å². The molecule has 0 spiro atoms. The second kappa shape index (κ2) is 7.95. The Hall–Kier alpha value is -3.35. The van der Waals surface area contributed by atoms with Crippen molar-refractivity contribution in [2.75, 3.05) is 26.1 Å². The molecule has 3 heterocycles. The Bertz CT molecular complexity index is 1050. The fourth-order valence-electron chi connectivity index (χ4n) is 3.68. The van der Waals surface area contributed by atoms with E-state index in [1.54, 1.807) is 20.4 Å². The van der Waals surface area contributed by atoms with Gasteiger partial charge in [0.2, 0.25) is 5.91 Å². The maximum Gasteiger partial charge on any atom is 0.220 e. The summed E-state index contributed by atoms with van der Waals surface area (Å²) in [6.45, 7) is 2.69. The fourth-order valence-corrected chi connectivity index (χ4v) is 3.68. The average molecular weight is 392 g/mol. The number of fused-ring (bicyclic) bond motifs is 1. The van der Waals surface area contributed by atoms with Crippen molar-refractivity contribution in [2.45, 2.75) is 19.4 Å². The summed E-state index contributed by atoms with van der Waals surface area (Å²) >= 11 is 0. The summed E-state index contributed by atoms with van der Waals surface area (Å²) in [5.41, 5.74) is 2.54. The highest BCUT2D eigenvalue weighted by atomic mass is 16.5. The topological polar surface area (TPSA) is 85.4 Å². The van der Waals surface area contributed by atoms with Crippen molar-refractivity contribution in [3.8, 4) is 22.8 Å². The molecular weight excluding hydrogens is 368 g/mol. The van der Waals surface area contributed by atoms with Gasteiger partial charge in [0.05, 0.1) is 25.4 Å². The summed E-state index contributed by atoms with van der Waals surface area (Å²) in [6, 6.07) is 11.7. The number of hydrogen-bond acceptors (Lipinski definition) is 6. The lowest BCUT2D eigenvalue weighted by Crippen LogP contribution is -2.28. The van der Waals surface area contributed by atoms with E-state index in [1.807, 2.05) is 43.3 Å². The van der Waals surface area contributed by atoms with Gasteiger partial charge in [-0.15, -0.1) is 0 Å². The average Bonchev–Trinajstić information content (AvgIpc) is 3.08. The highest BCUT2D eigenvalue weighted by Crippen LogP contribution is 2.33. The normalized spacial score (nSPS) is 18.5. The number of pyridine rings is 2. The highest BCUT2D eigenvalue weighted by molar-refractivity contribution is 5.92. The minimum absolute atomic E-state index is 0.0999. The number of nitrogens with one attached hydrogen (secondary N) is 2. The van der Waals surface area contributed by atoms with Crippen LogP contribution in [0.4, 0.5) is 5.82 Å². The first kappa shape index (κ1) is 19.0. The number of amides is 1. The van der Waals surface area contributed by atoms with Crippen LogP contribution < -0.4 is 20.1 Å². The molecule has 150 valence electrons. The molecule has 1 aliphatic rings. The molecule has 2 atom stereocenters. The molecular formula is C22H24N4O3. The van der Waals surface area contributed by atoms with Crippen molar-refractivity contribution in [3.63, 3.8) is 0 Å². The summed E-state index contributed by atoms with van der Waals surface area (Å²) in [4.78, 5) is 21.0. The molecule has 7 heteroatoms. The minimum atomic E-state index is 0.0999. The van der Waals surface area contributed by atoms with Gasteiger partial charge < -0.3 is 20.1 Å². The molecule has 0 aliphatic carbocycles. The lowest BCUT2D eigenvalue weighted by Gasteiger charge is -2.17. The number of methoxy groups -OCH3 is 2. The van der Waals surface area contributed by atoms with Gasteiger partial charge in [-0.25, -0.2) is 4.98 Å². The number of hydrogen-bond donors (Lipinski definition) is 2. The summed E-state index contributed by atoms with van der Waals surface area (Å²) in [5.74, 6) is 2.39. The van der Waals surface area contributed by atoms with Crippen LogP contribution in [0.25, 0.3) is 22.2 Å². The number of ether oxygens (including phenoxy) is 2. The number of carbonyl (C=O) groups excluding carboxylic acids is 1. The third kappa shape index (κ3) is 3.81. The molecule has 0 radical (unpaired) electrons. The zero-order valence-electron chi connectivity index (χ0n) is 16.7. The monoisotopic (exact) mass is 392 g/mol. The molecule has 0 unspecified atom stereocenters. The summed E-state index contributed by atoms with van der Waals surface area (Å²) in [7, 11) is 3.23. The molecule has 0 bridgehead atoms. The predicted molar refractivity (Wildman–Crippen MR) is 112 cm³/mol. The van der Waals surface area contributed by atoms with E-state index in [9.17, 15) is 4.79 Å². The Kier molecular flexibility index (Phi) is 5.20. The zero-order valence-corrected chi connectivity index (χ0v) is 16.7. The lowest BCUT2D eigenvalue weighted by atomic mass is 10.0. The lowest BCUT2D eigenvalue weighted by molar-refractivity contribution is -0.119. The minimum Gasteiger partial charge on any atom is -0.493 e. The molecule has 29 heavy (non-hydrogen) atoms. The number of carbonyl (C=O) groups is 1.